The monoisotopic (exact) mass is 141 g/mol. The predicted octanol–water partition coefficient (Wildman–Crippen LogP) is -1.46. The standard InChI is InChI=1S/C5H7N3S/c6-1-4-5(2-7)9-3-8-4/h1-3H,6-7H2/b4-1+,5-2+. The number of rotatable bonds is 0. The number of aromatic nitrogens is 1. The molecule has 1 aromatic rings. The first-order chi connectivity index (χ1) is 4.38. The molecular weight excluding hydrogens is 134 g/mol. The Morgan fingerprint density at radius 1 is 1.44 bits per heavy atom. The van der Waals surface area contributed by atoms with Crippen LogP contribution in [0.1, 0.15) is 0 Å². The van der Waals surface area contributed by atoms with Gasteiger partial charge in [-0.05, 0) is 0 Å². The van der Waals surface area contributed by atoms with E-state index in [2.05, 4.69) is 4.98 Å². The van der Waals surface area contributed by atoms with Gasteiger partial charge >= 0.3 is 0 Å². The van der Waals surface area contributed by atoms with Crippen molar-refractivity contribution in [2.24, 2.45) is 11.5 Å². The Kier molecular flexibility index (Phi) is 1.69. The largest absolute Gasteiger partial charge is 0.403 e. The summed E-state index contributed by atoms with van der Waals surface area (Å²) in [5, 5.41) is 0.752. The Morgan fingerprint density at radius 3 is 2.67 bits per heavy atom. The van der Waals surface area contributed by atoms with Gasteiger partial charge in [0.15, 0.2) is 0 Å². The molecule has 0 radical (unpaired) electrons. The predicted molar refractivity (Wildman–Crippen MR) is 38.7 cm³/mol. The van der Waals surface area contributed by atoms with Gasteiger partial charge in [-0.25, -0.2) is 4.98 Å². The topological polar surface area (TPSA) is 64.9 Å². The molecule has 1 heterocycles. The Morgan fingerprint density at radius 2 is 2.22 bits per heavy atom. The van der Waals surface area contributed by atoms with Gasteiger partial charge in [-0.1, -0.05) is 0 Å². The van der Waals surface area contributed by atoms with Crippen LogP contribution in [0.3, 0.4) is 0 Å². The van der Waals surface area contributed by atoms with Crippen molar-refractivity contribution in [1.29, 1.82) is 0 Å². The molecule has 0 aliphatic carbocycles. The second kappa shape index (κ2) is 2.50. The van der Waals surface area contributed by atoms with Gasteiger partial charge in [0.2, 0.25) is 0 Å². The summed E-state index contributed by atoms with van der Waals surface area (Å²) in [6.45, 7) is 0. The third-order valence-corrected chi connectivity index (χ3v) is 1.74. The molecule has 0 atom stereocenters. The molecule has 0 unspecified atom stereocenters. The van der Waals surface area contributed by atoms with Gasteiger partial charge in [0, 0.05) is 12.4 Å². The quantitative estimate of drug-likeness (QED) is 0.464. The van der Waals surface area contributed by atoms with Crippen molar-refractivity contribution in [3.8, 4) is 0 Å². The summed E-state index contributed by atoms with van der Waals surface area (Å²) >= 11 is 1.47. The average Bonchev–Trinajstić information content (AvgIpc) is 2.33. The molecule has 48 valence electrons. The first-order valence-electron chi connectivity index (χ1n) is 2.42. The molecule has 0 saturated carbocycles. The lowest BCUT2D eigenvalue weighted by atomic mass is 10.6. The average molecular weight is 141 g/mol. The summed E-state index contributed by atoms with van der Waals surface area (Å²) in [5.41, 5.74) is 12.2. The molecule has 9 heavy (non-hydrogen) atoms. The number of nitrogens with two attached hydrogens (primary N) is 2. The van der Waals surface area contributed by atoms with Crippen LogP contribution < -0.4 is 21.3 Å². The molecule has 0 fully saturated rings. The minimum Gasteiger partial charge on any atom is -0.403 e. The maximum Gasteiger partial charge on any atom is 0.0980 e. The lowest BCUT2D eigenvalue weighted by molar-refractivity contribution is 1.30. The Balaban J connectivity index is 3.50. The van der Waals surface area contributed by atoms with Crippen molar-refractivity contribution in [3.63, 3.8) is 0 Å². The highest BCUT2D eigenvalue weighted by Crippen LogP contribution is 1.71. The van der Waals surface area contributed by atoms with Crippen LogP contribution in [0.4, 0.5) is 0 Å². The fraction of sp³-hybridized carbons (Fsp3) is 0. The fourth-order valence-electron chi connectivity index (χ4n) is 0.514. The van der Waals surface area contributed by atoms with Crippen LogP contribution in [0.5, 0.6) is 0 Å². The van der Waals surface area contributed by atoms with E-state index in [-0.39, 0.29) is 0 Å². The molecule has 0 amide bonds. The highest BCUT2D eigenvalue weighted by atomic mass is 32.1. The van der Waals surface area contributed by atoms with Gasteiger partial charge in [-0.3, -0.25) is 0 Å². The van der Waals surface area contributed by atoms with Crippen molar-refractivity contribution >= 4 is 23.7 Å². The van der Waals surface area contributed by atoms with Crippen molar-refractivity contribution in [2.75, 3.05) is 0 Å². The number of hydrogen-bond donors (Lipinski definition) is 2. The third-order valence-electron chi connectivity index (χ3n) is 0.933. The van der Waals surface area contributed by atoms with Crippen LogP contribution in [-0.2, 0) is 0 Å². The zero-order valence-electron chi connectivity index (χ0n) is 4.74. The molecular formula is C5H7N3S. The highest BCUT2D eigenvalue weighted by Gasteiger charge is 1.82. The van der Waals surface area contributed by atoms with Crippen molar-refractivity contribution < 1.29 is 0 Å². The van der Waals surface area contributed by atoms with Gasteiger partial charge < -0.3 is 11.5 Å². The number of thiazole rings is 1. The molecule has 4 N–H and O–H groups in total. The smallest absolute Gasteiger partial charge is 0.0980 e. The fourth-order valence-corrected chi connectivity index (χ4v) is 1.11. The van der Waals surface area contributed by atoms with Crippen LogP contribution in [0.15, 0.2) is 5.51 Å². The van der Waals surface area contributed by atoms with Crippen LogP contribution in [0.2, 0.25) is 0 Å². The van der Waals surface area contributed by atoms with Crippen molar-refractivity contribution in [2.45, 2.75) is 0 Å². The molecule has 0 bridgehead atoms. The SMILES string of the molecule is N/C=c1/ncs/c1=C/N. The Hall–Kier alpha value is -1.03. The number of nitrogens with zero attached hydrogens (tertiary/aromatic N) is 1. The lowest BCUT2D eigenvalue weighted by Gasteiger charge is -1.70. The molecule has 3 nitrogen and oxygen atoms in total. The molecule has 0 aliphatic rings. The summed E-state index contributed by atoms with van der Waals surface area (Å²) in [7, 11) is 0. The van der Waals surface area contributed by atoms with Gasteiger partial charge in [-0.15, -0.1) is 11.3 Å². The van der Waals surface area contributed by atoms with E-state index in [1.54, 1.807) is 5.51 Å². The van der Waals surface area contributed by atoms with Gasteiger partial charge in [0.05, 0.1) is 15.4 Å². The maximum atomic E-state index is 5.24. The Labute approximate surface area is 56.3 Å². The summed E-state index contributed by atoms with van der Waals surface area (Å²) < 4.78 is 0.914. The lowest BCUT2D eigenvalue weighted by Crippen LogP contribution is -2.23. The summed E-state index contributed by atoms with van der Waals surface area (Å²) in [4.78, 5) is 3.93. The number of hydrogen-bond acceptors (Lipinski definition) is 4. The van der Waals surface area contributed by atoms with E-state index in [1.165, 1.54) is 23.7 Å². The van der Waals surface area contributed by atoms with Crippen LogP contribution in [0.25, 0.3) is 12.4 Å². The van der Waals surface area contributed by atoms with Crippen LogP contribution >= 0.6 is 11.3 Å². The minimum absolute atomic E-state index is 0.752. The van der Waals surface area contributed by atoms with E-state index in [4.69, 9.17) is 11.5 Å². The molecule has 4 heteroatoms. The summed E-state index contributed by atoms with van der Waals surface area (Å²) in [6.07, 6.45) is 2.94. The van der Waals surface area contributed by atoms with Gasteiger partial charge in [0.25, 0.3) is 0 Å². The zero-order chi connectivity index (χ0) is 6.69. The van der Waals surface area contributed by atoms with Crippen LogP contribution in [-0.4, -0.2) is 4.98 Å². The molecule has 0 aromatic carbocycles. The molecule has 0 saturated heterocycles. The molecule has 1 rings (SSSR count). The molecule has 0 spiro atoms. The molecule has 1 aromatic heterocycles. The highest BCUT2D eigenvalue weighted by molar-refractivity contribution is 7.07. The zero-order valence-corrected chi connectivity index (χ0v) is 5.56. The summed E-state index contributed by atoms with van der Waals surface area (Å²) in [6, 6.07) is 0. The van der Waals surface area contributed by atoms with E-state index in [0.717, 1.165) is 9.88 Å². The van der Waals surface area contributed by atoms with Gasteiger partial charge in [-0.2, -0.15) is 0 Å². The normalized spacial score (nSPS) is 14.7. The third kappa shape index (κ3) is 1.02. The first-order valence-corrected chi connectivity index (χ1v) is 3.30. The first kappa shape index (κ1) is 6.10. The van der Waals surface area contributed by atoms with E-state index in [9.17, 15) is 0 Å². The van der Waals surface area contributed by atoms with Crippen molar-refractivity contribution in [1.82, 2.24) is 4.98 Å². The van der Waals surface area contributed by atoms with E-state index >= 15 is 0 Å². The van der Waals surface area contributed by atoms with Crippen molar-refractivity contribution in [3.05, 3.63) is 15.4 Å². The second-order valence-electron chi connectivity index (χ2n) is 1.44. The maximum absolute atomic E-state index is 5.24. The van der Waals surface area contributed by atoms with E-state index in [1.807, 2.05) is 0 Å². The molecule has 0 aliphatic heterocycles. The van der Waals surface area contributed by atoms with Crippen LogP contribution in [0, 0.1) is 0 Å². The van der Waals surface area contributed by atoms with E-state index < -0.39 is 0 Å². The van der Waals surface area contributed by atoms with Gasteiger partial charge in [0.1, 0.15) is 0 Å². The summed E-state index contributed by atoms with van der Waals surface area (Å²) in [5.74, 6) is 0. The van der Waals surface area contributed by atoms with E-state index in [0.29, 0.717) is 0 Å². The minimum atomic E-state index is 0.752. The Bertz CT molecular complexity index is 259. The second-order valence-corrected chi connectivity index (χ2v) is 2.32.